The Morgan fingerprint density at radius 1 is 1.35 bits per heavy atom. The fourth-order valence-electron chi connectivity index (χ4n) is 3.41. The van der Waals surface area contributed by atoms with Crippen molar-refractivity contribution >= 4 is 5.91 Å². The molecule has 2 heterocycles. The number of ether oxygens (including phenoxy) is 3. The van der Waals surface area contributed by atoms with E-state index in [-0.39, 0.29) is 30.2 Å². The number of furan rings is 1. The Morgan fingerprint density at radius 3 is 2.87 bits per heavy atom. The maximum Gasteiger partial charge on any atom is 0.289 e. The molecule has 31 heavy (non-hydrogen) atoms. The molecule has 2 atom stereocenters. The number of carbonyl (C=O) groups is 1. The van der Waals surface area contributed by atoms with E-state index in [1.54, 1.807) is 24.1 Å². The standard InChI is InChI=1S/C22H29FN2O6/c1-28-11-9-25(22(27)21-3-2-10-30-21)15-20-14-24(8-12-29-20)13-18(26)16-31-19-6-4-17(23)5-7-19/h2-7,10,18,20,26H,8-9,11-16H2,1H3. The van der Waals surface area contributed by atoms with Crippen molar-refractivity contribution in [3.63, 3.8) is 0 Å². The molecule has 1 N–H and O–H groups in total. The number of methoxy groups -OCH3 is 1. The summed E-state index contributed by atoms with van der Waals surface area (Å²) in [5, 5.41) is 10.3. The van der Waals surface area contributed by atoms with Crippen molar-refractivity contribution in [2.24, 2.45) is 0 Å². The molecule has 170 valence electrons. The largest absolute Gasteiger partial charge is 0.491 e. The van der Waals surface area contributed by atoms with E-state index in [1.807, 2.05) is 0 Å². The van der Waals surface area contributed by atoms with Crippen LogP contribution in [0.2, 0.25) is 0 Å². The minimum Gasteiger partial charge on any atom is -0.491 e. The van der Waals surface area contributed by atoms with E-state index in [4.69, 9.17) is 18.6 Å². The molecule has 8 nitrogen and oxygen atoms in total. The van der Waals surface area contributed by atoms with E-state index in [1.165, 1.54) is 30.5 Å². The maximum atomic E-state index is 13.0. The molecule has 0 radical (unpaired) electrons. The molecule has 0 aliphatic carbocycles. The summed E-state index contributed by atoms with van der Waals surface area (Å²) in [5.41, 5.74) is 0. The Labute approximate surface area is 181 Å². The van der Waals surface area contributed by atoms with Crippen LogP contribution in [0.25, 0.3) is 0 Å². The number of amides is 1. The SMILES string of the molecule is COCCN(CC1CN(CC(O)COc2ccc(F)cc2)CCO1)C(=O)c1ccco1. The van der Waals surface area contributed by atoms with Gasteiger partial charge in [-0.15, -0.1) is 0 Å². The summed E-state index contributed by atoms with van der Waals surface area (Å²) in [7, 11) is 1.59. The predicted octanol–water partition coefficient (Wildman–Crippen LogP) is 1.65. The number of nitrogens with zero attached hydrogens (tertiary/aromatic N) is 2. The second-order valence-corrected chi connectivity index (χ2v) is 7.39. The number of morpholine rings is 1. The fraction of sp³-hybridized carbons (Fsp3) is 0.500. The van der Waals surface area contributed by atoms with Gasteiger partial charge in [0.25, 0.3) is 5.91 Å². The van der Waals surface area contributed by atoms with Gasteiger partial charge in [0.1, 0.15) is 24.3 Å². The molecule has 0 spiro atoms. The van der Waals surface area contributed by atoms with E-state index < -0.39 is 6.10 Å². The first-order valence-electron chi connectivity index (χ1n) is 10.3. The molecule has 1 aromatic heterocycles. The van der Waals surface area contributed by atoms with Crippen LogP contribution in [0.4, 0.5) is 4.39 Å². The molecule has 0 saturated carbocycles. The summed E-state index contributed by atoms with van der Waals surface area (Å²) < 4.78 is 34.7. The summed E-state index contributed by atoms with van der Waals surface area (Å²) in [6.07, 6.45) is 0.559. The Bertz CT molecular complexity index is 786. The molecule has 1 aliphatic rings. The van der Waals surface area contributed by atoms with Gasteiger partial charge < -0.3 is 28.6 Å². The normalized spacial score (nSPS) is 18.0. The number of hydrogen-bond donors (Lipinski definition) is 1. The lowest BCUT2D eigenvalue weighted by Gasteiger charge is -2.36. The number of β-amino-alcohol motifs (C(OH)–C–C–N with tert-alkyl or cyclic N) is 1. The highest BCUT2D eigenvalue weighted by molar-refractivity contribution is 5.91. The quantitative estimate of drug-likeness (QED) is 0.573. The summed E-state index contributed by atoms with van der Waals surface area (Å²) in [5.74, 6) is 0.232. The maximum absolute atomic E-state index is 13.0. The van der Waals surface area contributed by atoms with Gasteiger partial charge in [-0.1, -0.05) is 0 Å². The van der Waals surface area contributed by atoms with Crippen molar-refractivity contribution in [2.45, 2.75) is 12.2 Å². The predicted molar refractivity (Wildman–Crippen MR) is 111 cm³/mol. The average Bonchev–Trinajstić information content (AvgIpc) is 3.31. The number of rotatable bonds is 11. The van der Waals surface area contributed by atoms with Gasteiger partial charge in [0.2, 0.25) is 0 Å². The third-order valence-electron chi connectivity index (χ3n) is 4.96. The zero-order valence-corrected chi connectivity index (χ0v) is 17.6. The van der Waals surface area contributed by atoms with Crippen molar-refractivity contribution in [1.29, 1.82) is 0 Å². The fourth-order valence-corrected chi connectivity index (χ4v) is 3.41. The minimum atomic E-state index is -0.710. The number of halogens is 1. The lowest BCUT2D eigenvalue weighted by atomic mass is 10.2. The van der Waals surface area contributed by atoms with E-state index in [2.05, 4.69) is 4.90 Å². The molecule has 1 aromatic carbocycles. The highest BCUT2D eigenvalue weighted by atomic mass is 19.1. The van der Waals surface area contributed by atoms with Gasteiger partial charge in [-0.3, -0.25) is 9.69 Å². The van der Waals surface area contributed by atoms with E-state index in [9.17, 15) is 14.3 Å². The van der Waals surface area contributed by atoms with Crippen molar-refractivity contribution < 1.29 is 32.9 Å². The van der Waals surface area contributed by atoms with Crippen LogP contribution in [-0.4, -0.2) is 92.7 Å². The van der Waals surface area contributed by atoms with Crippen molar-refractivity contribution in [2.75, 3.05) is 59.7 Å². The lowest BCUT2D eigenvalue weighted by Crippen LogP contribution is -2.51. The van der Waals surface area contributed by atoms with E-state index >= 15 is 0 Å². The molecule has 2 unspecified atom stereocenters. The molecule has 1 aliphatic heterocycles. The zero-order valence-electron chi connectivity index (χ0n) is 17.6. The van der Waals surface area contributed by atoms with Crippen LogP contribution in [0.3, 0.4) is 0 Å². The van der Waals surface area contributed by atoms with Crippen LogP contribution in [0.15, 0.2) is 47.1 Å². The lowest BCUT2D eigenvalue weighted by molar-refractivity contribution is -0.0548. The Hall–Kier alpha value is -2.46. The smallest absolute Gasteiger partial charge is 0.289 e. The number of benzene rings is 1. The molecular formula is C22H29FN2O6. The van der Waals surface area contributed by atoms with Crippen LogP contribution in [-0.2, 0) is 9.47 Å². The monoisotopic (exact) mass is 436 g/mol. The first kappa shape index (κ1) is 23.2. The van der Waals surface area contributed by atoms with Crippen LogP contribution in [0, 0.1) is 5.82 Å². The van der Waals surface area contributed by atoms with Crippen molar-refractivity contribution in [1.82, 2.24) is 9.80 Å². The number of aliphatic hydroxyl groups is 1. The van der Waals surface area contributed by atoms with Crippen LogP contribution in [0.5, 0.6) is 5.75 Å². The Kier molecular flexibility index (Phi) is 8.84. The molecule has 3 rings (SSSR count). The summed E-state index contributed by atoms with van der Waals surface area (Å²) in [4.78, 5) is 16.5. The highest BCUT2D eigenvalue weighted by Gasteiger charge is 2.27. The number of carbonyl (C=O) groups excluding carboxylic acids is 1. The first-order chi connectivity index (χ1) is 15.0. The zero-order chi connectivity index (χ0) is 22.1. The van der Waals surface area contributed by atoms with Crippen LogP contribution >= 0.6 is 0 Å². The van der Waals surface area contributed by atoms with E-state index in [0.717, 1.165) is 0 Å². The Morgan fingerprint density at radius 2 is 2.16 bits per heavy atom. The highest BCUT2D eigenvalue weighted by Crippen LogP contribution is 2.14. The topological polar surface area (TPSA) is 84.6 Å². The third kappa shape index (κ3) is 7.32. The van der Waals surface area contributed by atoms with Gasteiger partial charge in [-0.25, -0.2) is 4.39 Å². The van der Waals surface area contributed by atoms with Gasteiger partial charge in [0, 0.05) is 39.8 Å². The molecule has 1 saturated heterocycles. The minimum absolute atomic E-state index is 0.102. The molecule has 0 bridgehead atoms. The summed E-state index contributed by atoms with van der Waals surface area (Å²) >= 11 is 0. The average molecular weight is 436 g/mol. The Balaban J connectivity index is 1.48. The van der Waals surface area contributed by atoms with Crippen molar-refractivity contribution in [3.05, 3.63) is 54.2 Å². The molecule has 1 amide bonds. The molecule has 2 aromatic rings. The van der Waals surface area contributed by atoms with Crippen LogP contribution < -0.4 is 4.74 Å². The molecule has 1 fully saturated rings. The summed E-state index contributed by atoms with van der Waals surface area (Å²) in [6, 6.07) is 8.99. The second-order valence-electron chi connectivity index (χ2n) is 7.39. The number of aliphatic hydroxyl groups excluding tert-OH is 1. The summed E-state index contributed by atoms with van der Waals surface area (Å²) in [6.45, 7) is 3.48. The van der Waals surface area contributed by atoms with Gasteiger partial charge >= 0.3 is 0 Å². The molecular weight excluding hydrogens is 407 g/mol. The first-order valence-corrected chi connectivity index (χ1v) is 10.3. The van der Waals surface area contributed by atoms with Crippen molar-refractivity contribution in [3.8, 4) is 5.75 Å². The van der Waals surface area contributed by atoms with E-state index in [0.29, 0.717) is 51.7 Å². The van der Waals surface area contributed by atoms with Gasteiger partial charge in [0.05, 0.1) is 25.6 Å². The van der Waals surface area contributed by atoms with Gasteiger partial charge in [-0.05, 0) is 36.4 Å². The number of hydrogen-bond acceptors (Lipinski definition) is 7. The van der Waals surface area contributed by atoms with Gasteiger partial charge in [0.15, 0.2) is 5.76 Å². The molecule has 9 heteroatoms. The third-order valence-corrected chi connectivity index (χ3v) is 4.96. The van der Waals surface area contributed by atoms with Gasteiger partial charge in [-0.2, -0.15) is 0 Å². The van der Waals surface area contributed by atoms with Crippen LogP contribution in [0.1, 0.15) is 10.6 Å². The second kappa shape index (κ2) is 11.8.